The third kappa shape index (κ3) is 3.59. The van der Waals surface area contributed by atoms with Crippen LogP contribution in [0.2, 0.25) is 0 Å². The Morgan fingerprint density at radius 1 is 1.00 bits per heavy atom. The van der Waals surface area contributed by atoms with Crippen molar-refractivity contribution < 1.29 is 0 Å². The van der Waals surface area contributed by atoms with E-state index in [9.17, 15) is 0 Å². The number of anilines is 1. The molecule has 2 atom stereocenters. The number of nitrogens with two attached hydrogens (primary N) is 1. The summed E-state index contributed by atoms with van der Waals surface area (Å²) in [5.41, 5.74) is 13.2. The van der Waals surface area contributed by atoms with Crippen LogP contribution in [0.25, 0.3) is 0 Å². The molecular weight excluding hydrogens is 280 g/mol. The molecule has 2 aromatic carbocycles. The third-order valence-corrected chi connectivity index (χ3v) is 5.20. The van der Waals surface area contributed by atoms with Crippen molar-refractivity contribution in [3.63, 3.8) is 0 Å². The minimum atomic E-state index is 0.237. The van der Waals surface area contributed by atoms with Crippen molar-refractivity contribution in [3.05, 3.63) is 64.7 Å². The Bertz CT molecular complexity index is 660. The number of aryl methyl sites for hydroxylation is 3. The summed E-state index contributed by atoms with van der Waals surface area (Å²) in [5.74, 6) is 0.520. The summed E-state index contributed by atoms with van der Waals surface area (Å²) in [6.45, 7) is 8.56. The number of rotatable bonds is 3. The Labute approximate surface area is 140 Å². The maximum absolute atomic E-state index is 6.37. The summed E-state index contributed by atoms with van der Waals surface area (Å²) in [7, 11) is 0. The average Bonchev–Trinajstić information content (AvgIpc) is 2.57. The van der Waals surface area contributed by atoms with Crippen LogP contribution < -0.4 is 10.6 Å². The molecule has 3 rings (SSSR count). The van der Waals surface area contributed by atoms with Crippen LogP contribution in [-0.2, 0) is 6.42 Å². The van der Waals surface area contributed by atoms with Crippen molar-refractivity contribution in [1.82, 2.24) is 0 Å². The molecule has 2 aromatic rings. The van der Waals surface area contributed by atoms with Crippen LogP contribution in [0.15, 0.2) is 42.5 Å². The maximum Gasteiger partial charge on any atom is 0.0369 e. The molecule has 2 N–H and O–H groups in total. The quantitative estimate of drug-likeness (QED) is 0.921. The molecule has 0 spiro atoms. The van der Waals surface area contributed by atoms with Crippen LogP contribution in [0.5, 0.6) is 0 Å². The molecule has 2 unspecified atom stereocenters. The molecule has 1 saturated heterocycles. The van der Waals surface area contributed by atoms with Gasteiger partial charge in [0, 0.05) is 30.7 Å². The molecule has 1 fully saturated rings. The van der Waals surface area contributed by atoms with Gasteiger partial charge in [-0.1, -0.05) is 37.3 Å². The molecule has 23 heavy (non-hydrogen) atoms. The Hall–Kier alpha value is -1.80. The molecule has 0 aromatic heterocycles. The lowest BCUT2D eigenvalue weighted by Gasteiger charge is -2.38. The Kier molecular flexibility index (Phi) is 4.72. The summed E-state index contributed by atoms with van der Waals surface area (Å²) >= 11 is 0. The Morgan fingerprint density at radius 2 is 1.74 bits per heavy atom. The standard InChI is InChI=1S/C21H28N2/c1-4-17-6-8-18(9-7-17)19-12-20(22)14-23(13-19)21-10-5-15(2)16(3)11-21/h5-11,19-20H,4,12-14,22H2,1-3H3. The lowest BCUT2D eigenvalue weighted by atomic mass is 9.87. The molecule has 1 heterocycles. The van der Waals surface area contributed by atoms with Gasteiger partial charge in [-0.3, -0.25) is 0 Å². The van der Waals surface area contributed by atoms with Crippen molar-refractivity contribution >= 4 is 5.69 Å². The summed E-state index contributed by atoms with van der Waals surface area (Å²) in [4.78, 5) is 2.46. The first-order chi connectivity index (χ1) is 11.1. The van der Waals surface area contributed by atoms with E-state index in [2.05, 4.69) is 68.1 Å². The molecule has 0 amide bonds. The van der Waals surface area contributed by atoms with E-state index in [1.165, 1.54) is 27.9 Å². The fourth-order valence-corrected chi connectivity index (χ4v) is 3.54. The number of hydrogen-bond acceptors (Lipinski definition) is 2. The predicted octanol–water partition coefficient (Wildman–Crippen LogP) is 4.19. The molecule has 2 nitrogen and oxygen atoms in total. The molecular formula is C21H28N2. The van der Waals surface area contributed by atoms with Gasteiger partial charge in [-0.2, -0.15) is 0 Å². The Morgan fingerprint density at radius 3 is 2.39 bits per heavy atom. The van der Waals surface area contributed by atoms with Gasteiger partial charge in [-0.15, -0.1) is 0 Å². The van der Waals surface area contributed by atoms with Crippen LogP contribution in [0.4, 0.5) is 5.69 Å². The molecule has 0 radical (unpaired) electrons. The zero-order chi connectivity index (χ0) is 16.4. The molecule has 122 valence electrons. The lowest BCUT2D eigenvalue weighted by molar-refractivity contribution is 0.454. The SMILES string of the molecule is CCc1ccc(C2CC(N)CN(c3ccc(C)c(C)c3)C2)cc1. The van der Waals surface area contributed by atoms with Gasteiger partial charge in [-0.05, 0) is 61.1 Å². The zero-order valence-corrected chi connectivity index (χ0v) is 14.5. The molecule has 2 heteroatoms. The van der Waals surface area contributed by atoms with Crippen molar-refractivity contribution in [3.8, 4) is 0 Å². The fraction of sp³-hybridized carbons (Fsp3) is 0.429. The molecule has 0 saturated carbocycles. The van der Waals surface area contributed by atoms with E-state index >= 15 is 0 Å². The minimum Gasteiger partial charge on any atom is -0.369 e. The van der Waals surface area contributed by atoms with E-state index in [4.69, 9.17) is 5.73 Å². The first-order valence-corrected chi connectivity index (χ1v) is 8.73. The highest BCUT2D eigenvalue weighted by molar-refractivity contribution is 5.52. The first-order valence-electron chi connectivity index (χ1n) is 8.73. The summed E-state index contributed by atoms with van der Waals surface area (Å²) in [6.07, 6.45) is 2.17. The maximum atomic E-state index is 6.37. The Balaban J connectivity index is 1.81. The van der Waals surface area contributed by atoms with Gasteiger partial charge in [0.25, 0.3) is 0 Å². The smallest absolute Gasteiger partial charge is 0.0369 e. The van der Waals surface area contributed by atoms with Crippen molar-refractivity contribution in [2.75, 3.05) is 18.0 Å². The van der Waals surface area contributed by atoms with Crippen LogP contribution in [-0.4, -0.2) is 19.1 Å². The highest BCUT2D eigenvalue weighted by Gasteiger charge is 2.26. The van der Waals surface area contributed by atoms with Crippen molar-refractivity contribution in [1.29, 1.82) is 0 Å². The van der Waals surface area contributed by atoms with Crippen LogP contribution >= 0.6 is 0 Å². The van der Waals surface area contributed by atoms with E-state index in [-0.39, 0.29) is 6.04 Å². The third-order valence-electron chi connectivity index (χ3n) is 5.20. The normalized spacial score (nSPS) is 21.5. The van der Waals surface area contributed by atoms with E-state index in [1.807, 2.05) is 0 Å². The van der Waals surface area contributed by atoms with Crippen LogP contribution in [0.3, 0.4) is 0 Å². The lowest BCUT2D eigenvalue weighted by Crippen LogP contribution is -2.46. The zero-order valence-electron chi connectivity index (χ0n) is 14.5. The van der Waals surface area contributed by atoms with Gasteiger partial charge < -0.3 is 10.6 Å². The summed E-state index contributed by atoms with van der Waals surface area (Å²) in [5, 5.41) is 0. The second kappa shape index (κ2) is 6.76. The highest BCUT2D eigenvalue weighted by Crippen LogP contribution is 2.30. The average molecular weight is 308 g/mol. The van der Waals surface area contributed by atoms with Gasteiger partial charge in [0.2, 0.25) is 0 Å². The van der Waals surface area contributed by atoms with Gasteiger partial charge in [-0.25, -0.2) is 0 Å². The predicted molar refractivity (Wildman–Crippen MR) is 99.3 cm³/mol. The number of piperidine rings is 1. The second-order valence-electron chi connectivity index (χ2n) is 6.96. The van der Waals surface area contributed by atoms with E-state index in [0.717, 1.165) is 25.9 Å². The van der Waals surface area contributed by atoms with Gasteiger partial charge >= 0.3 is 0 Å². The molecule has 1 aliphatic rings. The van der Waals surface area contributed by atoms with Crippen LogP contribution in [0, 0.1) is 13.8 Å². The monoisotopic (exact) mass is 308 g/mol. The second-order valence-corrected chi connectivity index (χ2v) is 6.96. The molecule has 0 bridgehead atoms. The minimum absolute atomic E-state index is 0.237. The first kappa shape index (κ1) is 16.1. The van der Waals surface area contributed by atoms with E-state index < -0.39 is 0 Å². The van der Waals surface area contributed by atoms with Crippen LogP contribution in [0.1, 0.15) is 41.5 Å². The van der Waals surface area contributed by atoms with Gasteiger partial charge in [0.1, 0.15) is 0 Å². The number of benzene rings is 2. The van der Waals surface area contributed by atoms with Crippen molar-refractivity contribution in [2.24, 2.45) is 5.73 Å². The number of hydrogen-bond donors (Lipinski definition) is 1. The number of nitrogens with zero attached hydrogens (tertiary/aromatic N) is 1. The van der Waals surface area contributed by atoms with Gasteiger partial charge in [0.15, 0.2) is 0 Å². The van der Waals surface area contributed by atoms with E-state index in [1.54, 1.807) is 0 Å². The summed E-state index contributed by atoms with van der Waals surface area (Å²) in [6, 6.07) is 16.1. The largest absolute Gasteiger partial charge is 0.369 e. The summed E-state index contributed by atoms with van der Waals surface area (Å²) < 4.78 is 0. The fourth-order valence-electron chi connectivity index (χ4n) is 3.54. The van der Waals surface area contributed by atoms with Crippen molar-refractivity contribution in [2.45, 2.75) is 45.6 Å². The van der Waals surface area contributed by atoms with Gasteiger partial charge in [0.05, 0.1) is 0 Å². The topological polar surface area (TPSA) is 29.3 Å². The highest BCUT2D eigenvalue weighted by atomic mass is 15.2. The molecule has 1 aliphatic heterocycles. The molecule has 0 aliphatic carbocycles. The van der Waals surface area contributed by atoms with E-state index in [0.29, 0.717) is 5.92 Å².